The Labute approximate surface area is 211 Å². The Morgan fingerprint density at radius 2 is 1.67 bits per heavy atom. The molecular weight excluding hydrogens is 538 g/mol. The van der Waals surface area contributed by atoms with E-state index in [2.05, 4.69) is 35.1 Å². The van der Waals surface area contributed by atoms with Crippen molar-refractivity contribution in [3.63, 3.8) is 0 Å². The van der Waals surface area contributed by atoms with Gasteiger partial charge in [0.05, 0.1) is 17.3 Å². The summed E-state index contributed by atoms with van der Waals surface area (Å²) < 4.78 is 58.8. The van der Waals surface area contributed by atoms with Crippen LogP contribution in [0.25, 0.3) is 0 Å². The van der Waals surface area contributed by atoms with Crippen LogP contribution in [0.5, 0.6) is 0 Å². The van der Waals surface area contributed by atoms with Gasteiger partial charge in [0.2, 0.25) is 17.2 Å². The number of anilines is 5. The topological polar surface area (TPSA) is 216 Å². The number of aromatic nitrogens is 3. The number of carbonyl (C=O) groups is 1. The number of urea groups is 1. The fraction of sp³-hybridized carbons (Fsp3) is 0.158. The van der Waals surface area contributed by atoms with E-state index in [1.165, 1.54) is 18.2 Å². The highest BCUT2D eigenvalue weighted by Gasteiger charge is 2.17. The number of nitrogens with zero attached hydrogens (tertiary/aromatic N) is 3. The average molecular weight is 558 g/mol. The Bertz CT molecular complexity index is 1500. The molecule has 0 aliphatic heterocycles. The van der Waals surface area contributed by atoms with Crippen molar-refractivity contribution in [2.45, 2.75) is 11.8 Å². The van der Waals surface area contributed by atoms with E-state index in [1.807, 2.05) is 0 Å². The number of primary amides is 1. The highest BCUT2D eigenvalue weighted by molar-refractivity contribution is 7.91. The Kier molecular flexibility index (Phi) is 8.26. The zero-order chi connectivity index (χ0) is 26.5. The predicted octanol–water partition coefficient (Wildman–Crippen LogP) is 2.40. The lowest BCUT2D eigenvalue weighted by atomic mass is 10.2. The molecule has 0 bridgehead atoms. The molecular formula is C19H20ClN7O7S2. The van der Waals surface area contributed by atoms with Gasteiger partial charge in [-0.3, -0.25) is 4.55 Å². The molecule has 0 unspecified atom stereocenters. The number of hydrogen-bond acceptors (Lipinski definition) is 11. The molecule has 192 valence electrons. The molecule has 0 aliphatic carbocycles. The molecule has 14 nitrogen and oxygen atoms in total. The van der Waals surface area contributed by atoms with Gasteiger partial charge in [-0.05, 0) is 54.4 Å². The minimum Gasteiger partial charge on any atom is -0.351 e. The smallest absolute Gasteiger partial charge is 0.351 e. The molecule has 36 heavy (non-hydrogen) atoms. The SMILES string of the molecule is Cc1ccc(Nc2nc(Cl)nc(Nc3cccc(S(=O)(=O)CCOS(=O)(=O)O)c3)n2)cc1NC(N)=O. The second kappa shape index (κ2) is 11.0. The molecule has 17 heteroatoms. The van der Waals surface area contributed by atoms with Crippen LogP contribution in [-0.4, -0.2) is 54.7 Å². The summed E-state index contributed by atoms with van der Waals surface area (Å²) in [6, 6.07) is 9.91. The monoisotopic (exact) mass is 557 g/mol. The molecule has 3 aromatic rings. The molecule has 0 saturated carbocycles. The number of benzene rings is 2. The average Bonchev–Trinajstić information content (AvgIpc) is 2.74. The number of rotatable bonds is 10. The highest BCUT2D eigenvalue weighted by atomic mass is 35.5. The number of amides is 2. The fourth-order valence-corrected chi connectivity index (χ4v) is 4.51. The van der Waals surface area contributed by atoms with E-state index in [4.69, 9.17) is 21.9 Å². The van der Waals surface area contributed by atoms with Crippen LogP contribution < -0.4 is 21.7 Å². The van der Waals surface area contributed by atoms with Crippen LogP contribution in [0.3, 0.4) is 0 Å². The molecule has 0 radical (unpaired) electrons. The molecule has 2 aromatic carbocycles. The van der Waals surface area contributed by atoms with Gasteiger partial charge in [0.15, 0.2) is 9.84 Å². The number of carbonyl (C=O) groups excluding carboxylic acids is 1. The standard InChI is InChI=1S/C19H20ClN7O7S2/c1-11-5-6-13(10-15(11)24-17(21)28)23-19-26-16(20)25-18(27-19)22-12-3-2-4-14(9-12)35(29,30)8-7-34-36(31,32)33/h2-6,9-10H,7-8H2,1H3,(H3,21,24,28)(H,31,32,33)(H2,22,23,25,26,27). The first-order valence-corrected chi connectivity index (χ1v) is 13.3. The van der Waals surface area contributed by atoms with Gasteiger partial charge in [-0.1, -0.05) is 12.1 Å². The minimum absolute atomic E-state index is 0.00986. The molecule has 3 rings (SSSR count). The largest absolute Gasteiger partial charge is 0.397 e. The molecule has 0 atom stereocenters. The first-order valence-electron chi connectivity index (χ1n) is 9.88. The van der Waals surface area contributed by atoms with Gasteiger partial charge in [0.25, 0.3) is 0 Å². The number of halogens is 1. The molecule has 1 aromatic heterocycles. The zero-order valence-electron chi connectivity index (χ0n) is 18.5. The summed E-state index contributed by atoms with van der Waals surface area (Å²) >= 11 is 6.01. The van der Waals surface area contributed by atoms with Gasteiger partial charge in [-0.25, -0.2) is 17.4 Å². The van der Waals surface area contributed by atoms with Crippen LogP contribution in [0, 0.1) is 6.92 Å². The number of nitrogens with two attached hydrogens (primary N) is 1. The molecule has 6 N–H and O–H groups in total. The van der Waals surface area contributed by atoms with Gasteiger partial charge in [0, 0.05) is 17.1 Å². The van der Waals surface area contributed by atoms with Gasteiger partial charge in [-0.15, -0.1) is 0 Å². The zero-order valence-corrected chi connectivity index (χ0v) is 20.9. The van der Waals surface area contributed by atoms with Crippen molar-refractivity contribution in [3.05, 3.63) is 53.3 Å². The van der Waals surface area contributed by atoms with Crippen LogP contribution in [0.4, 0.5) is 33.8 Å². The third-order valence-electron chi connectivity index (χ3n) is 4.39. The Morgan fingerprint density at radius 1 is 1.03 bits per heavy atom. The van der Waals surface area contributed by atoms with Crippen molar-refractivity contribution in [2.75, 3.05) is 28.3 Å². The first-order chi connectivity index (χ1) is 16.8. The highest BCUT2D eigenvalue weighted by Crippen LogP contribution is 2.24. The van der Waals surface area contributed by atoms with E-state index >= 15 is 0 Å². The van der Waals surface area contributed by atoms with E-state index in [0.29, 0.717) is 11.4 Å². The molecule has 0 aliphatic rings. The maximum absolute atomic E-state index is 12.5. The Morgan fingerprint density at radius 3 is 2.28 bits per heavy atom. The van der Waals surface area contributed by atoms with Crippen LogP contribution in [0.1, 0.15) is 5.56 Å². The number of aryl methyl sites for hydroxylation is 1. The minimum atomic E-state index is -4.76. The van der Waals surface area contributed by atoms with Crippen molar-refractivity contribution < 1.29 is 30.4 Å². The molecule has 0 spiro atoms. The number of hydrogen-bond donors (Lipinski definition) is 5. The van der Waals surface area contributed by atoms with E-state index < -0.39 is 38.6 Å². The summed E-state index contributed by atoms with van der Waals surface area (Å²) in [6.45, 7) is 1.03. The van der Waals surface area contributed by atoms with Crippen molar-refractivity contribution >= 4 is 66.8 Å². The van der Waals surface area contributed by atoms with E-state index in [9.17, 15) is 21.6 Å². The Balaban J connectivity index is 1.78. The van der Waals surface area contributed by atoms with E-state index in [0.717, 1.165) is 5.56 Å². The van der Waals surface area contributed by atoms with Gasteiger partial charge in [0.1, 0.15) is 0 Å². The molecule has 0 fully saturated rings. The van der Waals surface area contributed by atoms with Crippen molar-refractivity contribution in [1.29, 1.82) is 0 Å². The van der Waals surface area contributed by atoms with Crippen LogP contribution in [-0.2, 0) is 24.4 Å². The van der Waals surface area contributed by atoms with E-state index in [-0.39, 0.29) is 27.8 Å². The van der Waals surface area contributed by atoms with Crippen molar-refractivity contribution in [1.82, 2.24) is 15.0 Å². The van der Waals surface area contributed by atoms with Crippen LogP contribution in [0.2, 0.25) is 5.28 Å². The lowest BCUT2D eigenvalue weighted by molar-refractivity contribution is 0.259. The number of sulfone groups is 1. The quantitative estimate of drug-likeness (QED) is 0.227. The fourth-order valence-electron chi connectivity index (χ4n) is 2.82. The van der Waals surface area contributed by atoms with Gasteiger partial charge >= 0.3 is 16.4 Å². The van der Waals surface area contributed by atoms with Crippen molar-refractivity contribution in [2.24, 2.45) is 5.73 Å². The summed E-state index contributed by atoms with van der Waals surface area (Å²) in [5.74, 6) is -0.646. The summed E-state index contributed by atoms with van der Waals surface area (Å²) in [4.78, 5) is 23.2. The molecule has 1 heterocycles. The summed E-state index contributed by atoms with van der Waals surface area (Å²) in [5.41, 5.74) is 7.22. The summed E-state index contributed by atoms with van der Waals surface area (Å²) in [6.07, 6.45) is 0. The lowest BCUT2D eigenvalue weighted by Gasteiger charge is -2.12. The normalized spacial score (nSPS) is 11.6. The van der Waals surface area contributed by atoms with Crippen LogP contribution >= 0.6 is 11.6 Å². The Hall–Kier alpha value is -3.57. The second-order valence-corrected chi connectivity index (χ2v) is 10.7. The van der Waals surface area contributed by atoms with Gasteiger partial charge in [-0.2, -0.15) is 23.4 Å². The molecule has 2 amide bonds. The molecule has 0 saturated heterocycles. The van der Waals surface area contributed by atoms with E-state index in [1.54, 1.807) is 31.2 Å². The second-order valence-electron chi connectivity index (χ2n) is 7.12. The summed E-state index contributed by atoms with van der Waals surface area (Å²) in [5, 5.41) is 8.08. The summed E-state index contributed by atoms with van der Waals surface area (Å²) in [7, 11) is -8.70. The third-order valence-corrected chi connectivity index (χ3v) is 6.70. The predicted molar refractivity (Wildman–Crippen MR) is 132 cm³/mol. The maximum atomic E-state index is 12.5. The lowest BCUT2D eigenvalue weighted by Crippen LogP contribution is -2.19. The van der Waals surface area contributed by atoms with Crippen LogP contribution in [0.15, 0.2) is 47.4 Å². The maximum Gasteiger partial charge on any atom is 0.397 e. The first kappa shape index (κ1) is 27.0. The van der Waals surface area contributed by atoms with Gasteiger partial charge < -0.3 is 21.7 Å². The third kappa shape index (κ3) is 7.99. The number of nitrogens with one attached hydrogen (secondary N) is 3. The van der Waals surface area contributed by atoms with Crippen molar-refractivity contribution in [3.8, 4) is 0 Å².